The average Bonchev–Trinajstić information content (AvgIpc) is 3.10. The molecule has 3 heterocycles. The third-order valence-electron chi connectivity index (χ3n) is 3.29. The first-order chi connectivity index (χ1) is 10.2. The summed E-state index contributed by atoms with van der Waals surface area (Å²) in [6.07, 6.45) is 4.68. The molecule has 0 aliphatic heterocycles. The monoisotopic (exact) mass is 279 g/mol. The van der Waals surface area contributed by atoms with E-state index >= 15 is 0 Å². The van der Waals surface area contributed by atoms with E-state index in [9.17, 15) is 4.79 Å². The lowest BCUT2D eigenvalue weighted by atomic mass is 10.2. The molecular formula is C14H9N5O2. The van der Waals surface area contributed by atoms with Crippen LogP contribution in [0.1, 0.15) is 10.4 Å². The summed E-state index contributed by atoms with van der Waals surface area (Å²) < 4.78 is 1.64. The van der Waals surface area contributed by atoms with Gasteiger partial charge in [0.05, 0.1) is 17.9 Å². The maximum absolute atomic E-state index is 11.2. The Bertz CT molecular complexity index is 985. The number of hydrogen-bond acceptors (Lipinski definition) is 4. The van der Waals surface area contributed by atoms with Gasteiger partial charge in [-0.3, -0.25) is 0 Å². The minimum atomic E-state index is -1.04. The summed E-state index contributed by atoms with van der Waals surface area (Å²) in [6, 6.07) is 7.70. The van der Waals surface area contributed by atoms with Crippen LogP contribution in [0.5, 0.6) is 0 Å². The van der Waals surface area contributed by atoms with Gasteiger partial charge >= 0.3 is 5.97 Å². The molecule has 0 unspecified atom stereocenters. The molecule has 2 N–H and O–H groups in total. The second kappa shape index (κ2) is 4.14. The lowest BCUT2D eigenvalue weighted by Crippen LogP contribution is -2.02. The summed E-state index contributed by atoms with van der Waals surface area (Å²) in [7, 11) is 0. The number of benzene rings is 1. The predicted octanol–water partition coefficient (Wildman–Crippen LogP) is 1.99. The number of para-hydroxylation sites is 1. The Morgan fingerprint density at radius 3 is 2.95 bits per heavy atom. The van der Waals surface area contributed by atoms with E-state index in [1.165, 1.54) is 6.20 Å². The fraction of sp³-hybridized carbons (Fsp3) is 0. The first-order valence-corrected chi connectivity index (χ1v) is 6.24. The number of carbonyl (C=O) groups is 1. The number of aromatic nitrogens is 5. The lowest BCUT2D eigenvalue weighted by molar-refractivity contribution is 0.0699. The molecule has 0 radical (unpaired) electrons. The van der Waals surface area contributed by atoms with Crippen LogP contribution in [-0.2, 0) is 0 Å². The first kappa shape index (κ1) is 11.6. The zero-order chi connectivity index (χ0) is 14.4. The maximum atomic E-state index is 11.2. The maximum Gasteiger partial charge on any atom is 0.339 e. The summed E-state index contributed by atoms with van der Waals surface area (Å²) in [5.74, 6) is -0.566. The van der Waals surface area contributed by atoms with Gasteiger partial charge in [0.25, 0.3) is 0 Å². The van der Waals surface area contributed by atoms with Crippen LogP contribution in [0.3, 0.4) is 0 Å². The molecule has 0 amide bonds. The quantitative estimate of drug-likeness (QED) is 0.585. The minimum absolute atomic E-state index is 0.0933. The number of H-pyrrole nitrogens is 1. The molecule has 3 aromatic heterocycles. The number of rotatable bonds is 2. The van der Waals surface area contributed by atoms with Crippen molar-refractivity contribution in [3.05, 3.63) is 48.4 Å². The standard InChI is InChI=1S/C14H9N5O2/c20-14(21)9-6-15-13-12(9)18-11(7-16-13)19-10-4-2-1-3-8(10)5-17-19/h1-7H,(H,15,16)(H,20,21). The Balaban J connectivity index is 1.98. The smallest absolute Gasteiger partial charge is 0.339 e. The molecule has 4 rings (SSSR count). The fourth-order valence-electron chi connectivity index (χ4n) is 2.30. The predicted molar refractivity (Wildman–Crippen MR) is 75.5 cm³/mol. The van der Waals surface area contributed by atoms with Gasteiger partial charge in [-0.1, -0.05) is 18.2 Å². The van der Waals surface area contributed by atoms with Crippen LogP contribution in [-0.4, -0.2) is 35.8 Å². The second-order valence-corrected chi connectivity index (χ2v) is 4.55. The van der Waals surface area contributed by atoms with Crippen molar-refractivity contribution in [2.24, 2.45) is 0 Å². The molecule has 7 nitrogen and oxygen atoms in total. The molecule has 1 aromatic carbocycles. The summed E-state index contributed by atoms with van der Waals surface area (Å²) in [6.45, 7) is 0. The number of nitrogens with one attached hydrogen (secondary N) is 1. The van der Waals surface area contributed by atoms with E-state index in [4.69, 9.17) is 5.11 Å². The zero-order valence-corrected chi connectivity index (χ0v) is 10.7. The SMILES string of the molecule is O=C(O)c1c[nH]c2ncc(-n3ncc4ccccc43)nc12. The average molecular weight is 279 g/mol. The highest BCUT2D eigenvalue weighted by molar-refractivity contribution is 6.00. The van der Waals surface area contributed by atoms with Crippen LogP contribution in [0.4, 0.5) is 0 Å². The van der Waals surface area contributed by atoms with E-state index in [0.29, 0.717) is 17.0 Å². The second-order valence-electron chi connectivity index (χ2n) is 4.55. The molecule has 21 heavy (non-hydrogen) atoms. The van der Waals surface area contributed by atoms with E-state index < -0.39 is 5.97 Å². The number of hydrogen-bond donors (Lipinski definition) is 2. The van der Waals surface area contributed by atoms with Gasteiger partial charge in [0.2, 0.25) is 0 Å². The van der Waals surface area contributed by atoms with Gasteiger partial charge < -0.3 is 10.1 Å². The number of aromatic amines is 1. The first-order valence-electron chi connectivity index (χ1n) is 6.24. The van der Waals surface area contributed by atoms with Gasteiger partial charge in [-0.15, -0.1) is 0 Å². The van der Waals surface area contributed by atoms with Crippen LogP contribution in [0.15, 0.2) is 42.9 Å². The van der Waals surface area contributed by atoms with Crippen LogP contribution in [0.2, 0.25) is 0 Å². The molecule has 4 aromatic rings. The number of nitrogens with zero attached hydrogens (tertiary/aromatic N) is 4. The van der Waals surface area contributed by atoms with Crippen LogP contribution >= 0.6 is 0 Å². The number of carboxylic acid groups (broad SMARTS) is 1. The van der Waals surface area contributed by atoms with Crippen molar-refractivity contribution in [2.75, 3.05) is 0 Å². The molecule has 0 aliphatic carbocycles. The third-order valence-corrected chi connectivity index (χ3v) is 3.29. The van der Waals surface area contributed by atoms with Gasteiger partial charge in [-0.05, 0) is 6.07 Å². The Labute approximate surface area is 117 Å². The molecule has 0 saturated carbocycles. The Hall–Kier alpha value is -3.22. The molecule has 0 saturated heterocycles. The van der Waals surface area contributed by atoms with Crippen LogP contribution < -0.4 is 0 Å². The summed E-state index contributed by atoms with van der Waals surface area (Å²) >= 11 is 0. The van der Waals surface area contributed by atoms with Crippen molar-refractivity contribution in [3.63, 3.8) is 0 Å². The largest absolute Gasteiger partial charge is 0.478 e. The van der Waals surface area contributed by atoms with Crippen LogP contribution in [0, 0.1) is 0 Å². The Morgan fingerprint density at radius 1 is 1.24 bits per heavy atom. The van der Waals surface area contributed by atoms with E-state index in [2.05, 4.69) is 20.1 Å². The highest BCUT2D eigenvalue weighted by Crippen LogP contribution is 2.19. The van der Waals surface area contributed by atoms with Gasteiger partial charge in [-0.25, -0.2) is 19.4 Å². The highest BCUT2D eigenvalue weighted by Gasteiger charge is 2.14. The number of aromatic carboxylic acids is 1. The van der Waals surface area contributed by atoms with Crippen molar-refractivity contribution < 1.29 is 9.90 Å². The Kier molecular flexibility index (Phi) is 2.28. The zero-order valence-electron chi connectivity index (χ0n) is 10.7. The molecule has 7 heteroatoms. The van der Waals surface area contributed by atoms with Crippen molar-refractivity contribution in [1.82, 2.24) is 24.7 Å². The van der Waals surface area contributed by atoms with Gasteiger partial charge in [-0.2, -0.15) is 5.10 Å². The van der Waals surface area contributed by atoms with Gasteiger partial charge in [0.15, 0.2) is 11.5 Å². The lowest BCUT2D eigenvalue weighted by Gasteiger charge is -2.02. The van der Waals surface area contributed by atoms with Crippen molar-refractivity contribution in [3.8, 4) is 5.82 Å². The van der Waals surface area contributed by atoms with Crippen molar-refractivity contribution >= 4 is 28.0 Å². The van der Waals surface area contributed by atoms with E-state index in [-0.39, 0.29) is 5.56 Å². The molecule has 0 spiro atoms. The summed E-state index contributed by atoms with van der Waals surface area (Å²) in [5, 5.41) is 14.4. The summed E-state index contributed by atoms with van der Waals surface area (Å²) in [5.41, 5.74) is 1.74. The number of carboxylic acids is 1. The molecular weight excluding hydrogens is 270 g/mol. The topological polar surface area (TPSA) is 96.7 Å². The third kappa shape index (κ3) is 1.68. The molecule has 0 atom stereocenters. The van der Waals surface area contributed by atoms with E-state index in [0.717, 1.165) is 10.9 Å². The highest BCUT2D eigenvalue weighted by atomic mass is 16.4. The minimum Gasteiger partial charge on any atom is -0.478 e. The molecule has 102 valence electrons. The van der Waals surface area contributed by atoms with Gasteiger partial charge in [0.1, 0.15) is 11.1 Å². The van der Waals surface area contributed by atoms with Crippen LogP contribution in [0.25, 0.3) is 27.9 Å². The molecule has 0 aliphatic rings. The Morgan fingerprint density at radius 2 is 2.10 bits per heavy atom. The summed E-state index contributed by atoms with van der Waals surface area (Å²) in [4.78, 5) is 22.6. The fourth-order valence-corrected chi connectivity index (χ4v) is 2.30. The molecule has 0 fully saturated rings. The van der Waals surface area contributed by atoms with Gasteiger partial charge in [0, 0.05) is 11.6 Å². The van der Waals surface area contributed by atoms with E-state index in [1.54, 1.807) is 17.1 Å². The molecule has 0 bridgehead atoms. The van der Waals surface area contributed by atoms with E-state index in [1.807, 2.05) is 24.3 Å². The normalized spacial score (nSPS) is 11.2. The van der Waals surface area contributed by atoms with Crippen molar-refractivity contribution in [2.45, 2.75) is 0 Å². The van der Waals surface area contributed by atoms with Crippen molar-refractivity contribution in [1.29, 1.82) is 0 Å². The number of fused-ring (bicyclic) bond motifs is 2.